The lowest BCUT2D eigenvalue weighted by Gasteiger charge is -2.14. The van der Waals surface area contributed by atoms with Crippen molar-refractivity contribution in [3.63, 3.8) is 0 Å². The summed E-state index contributed by atoms with van der Waals surface area (Å²) in [5.74, 6) is 1.24. The van der Waals surface area contributed by atoms with Gasteiger partial charge in [0.15, 0.2) is 11.3 Å². The van der Waals surface area contributed by atoms with Gasteiger partial charge < -0.3 is 4.42 Å². The molecule has 1 aromatic carbocycles. The van der Waals surface area contributed by atoms with Crippen LogP contribution in [-0.4, -0.2) is 30.4 Å². The second kappa shape index (κ2) is 8.37. The summed E-state index contributed by atoms with van der Waals surface area (Å²) in [6, 6.07) is 11.2. The molecule has 4 aromatic heterocycles. The third-order valence-electron chi connectivity index (χ3n) is 6.42. The number of hydrogen-bond acceptors (Lipinski definition) is 6. The lowest BCUT2D eigenvalue weighted by molar-refractivity contribution is 0.559. The van der Waals surface area contributed by atoms with Crippen LogP contribution in [0.15, 0.2) is 68.6 Å². The van der Waals surface area contributed by atoms with Crippen LogP contribution in [0.4, 0.5) is 0 Å². The third-order valence-corrected chi connectivity index (χ3v) is 6.42. The second-order valence-corrected chi connectivity index (χ2v) is 8.63. The molecule has 0 radical (unpaired) electrons. The zero-order chi connectivity index (χ0) is 23.1. The van der Waals surface area contributed by atoms with E-state index in [2.05, 4.69) is 11.2 Å². The molecule has 0 N–H and O–H groups in total. The molecule has 0 saturated carbocycles. The Kier molecular flexibility index (Phi) is 5.05. The average Bonchev–Trinajstić information content (AvgIpc) is 3.47. The summed E-state index contributed by atoms with van der Waals surface area (Å²) in [5, 5.41) is 5.02. The molecule has 8 nitrogen and oxygen atoms in total. The van der Waals surface area contributed by atoms with Gasteiger partial charge in [0.05, 0.1) is 23.5 Å². The molecule has 170 valence electrons. The molecule has 0 fully saturated rings. The van der Waals surface area contributed by atoms with E-state index in [4.69, 9.17) is 19.4 Å². The van der Waals surface area contributed by atoms with Crippen molar-refractivity contribution in [3.05, 3.63) is 76.2 Å². The largest absolute Gasteiger partial charge is 0.463 e. The highest BCUT2D eigenvalue weighted by Gasteiger charge is 2.21. The van der Waals surface area contributed by atoms with Crippen LogP contribution >= 0.6 is 0 Å². The normalized spacial score (nSPS) is 14.6. The fraction of sp³-hybridized carbons (Fsp3) is 0.269. The molecule has 0 atom stereocenters. The predicted molar refractivity (Wildman–Crippen MR) is 132 cm³/mol. The topological polar surface area (TPSA) is 91.1 Å². The molecule has 34 heavy (non-hydrogen) atoms. The number of rotatable bonds is 5. The SMILES string of the molecule is Cc1nc2c(c(=O)n1CCC1=CCCCC1)c1nc3ccccc3nc1n2/N=C\c1ccco1. The van der Waals surface area contributed by atoms with Crippen LogP contribution in [0.2, 0.25) is 0 Å². The Morgan fingerprint density at radius 1 is 1.06 bits per heavy atom. The monoisotopic (exact) mass is 452 g/mol. The fourth-order valence-corrected chi connectivity index (χ4v) is 4.65. The zero-order valence-corrected chi connectivity index (χ0v) is 18.9. The molecular weight excluding hydrogens is 428 g/mol. The number of fused-ring (bicyclic) bond motifs is 4. The lowest BCUT2D eigenvalue weighted by Crippen LogP contribution is -2.24. The van der Waals surface area contributed by atoms with E-state index >= 15 is 0 Å². The minimum absolute atomic E-state index is 0.111. The molecule has 4 heterocycles. The Balaban J connectivity index is 1.57. The molecule has 0 bridgehead atoms. The molecule has 1 aliphatic rings. The molecular formula is C26H24N6O2. The van der Waals surface area contributed by atoms with Gasteiger partial charge in [-0.3, -0.25) is 9.36 Å². The minimum Gasteiger partial charge on any atom is -0.463 e. The Morgan fingerprint density at radius 3 is 2.68 bits per heavy atom. The van der Waals surface area contributed by atoms with Crippen LogP contribution in [0.3, 0.4) is 0 Å². The van der Waals surface area contributed by atoms with Gasteiger partial charge in [0.25, 0.3) is 5.56 Å². The molecule has 5 aromatic rings. The first-order valence-electron chi connectivity index (χ1n) is 11.6. The summed E-state index contributed by atoms with van der Waals surface area (Å²) in [4.78, 5) is 28.2. The van der Waals surface area contributed by atoms with Crippen molar-refractivity contribution in [2.45, 2.75) is 45.6 Å². The van der Waals surface area contributed by atoms with E-state index in [0.717, 1.165) is 30.3 Å². The number of aromatic nitrogens is 5. The van der Waals surface area contributed by atoms with Gasteiger partial charge in [0, 0.05) is 6.54 Å². The molecule has 0 amide bonds. The molecule has 1 aliphatic carbocycles. The van der Waals surface area contributed by atoms with Crippen LogP contribution in [0.25, 0.3) is 33.2 Å². The standard InChI is InChI=1S/C26H24N6O2/c1-17-28-24-22(26(33)31(17)14-13-18-8-3-2-4-9-18)23-25(30-21-12-6-5-11-20(21)29-23)32(24)27-16-19-10-7-15-34-19/h5-8,10-12,15-16H,2-4,9,13-14H2,1H3/b27-16-. The minimum atomic E-state index is -0.111. The number of aryl methyl sites for hydroxylation is 1. The first kappa shape index (κ1) is 20.5. The van der Waals surface area contributed by atoms with E-state index in [9.17, 15) is 4.79 Å². The molecule has 8 heteroatoms. The fourth-order valence-electron chi connectivity index (χ4n) is 4.65. The first-order valence-corrected chi connectivity index (χ1v) is 11.6. The summed E-state index contributed by atoms with van der Waals surface area (Å²) in [6.45, 7) is 2.47. The van der Waals surface area contributed by atoms with Crippen LogP contribution in [0.5, 0.6) is 0 Å². The summed E-state index contributed by atoms with van der Waals surface area (Å²) < 4.78 is 8.74. The van der Waals surface area contributed by atoms with E-state index < -0.39 is 0 Å². The summed E-state index contributed by atoms with van der Waals surface area (Å²) >= 11 is 0. The Bertz CT molecular complexity index is 1640. The number of allylic oxidation sites excluding steroid dienone is 2. The summed E-state index contributed by atoms with van der Waals surface area (Å²) in [5.41, 5.74) is 4.22. The highest BCUT2D eigenvalue weighted by molar-refractivity contribution is 6.04. The van der Waals surface area contributed by atoms with Gasteiger partial charge in [0.2, 0.25) is 0 Å². The second-order valence-electron chi connectivity index (χ2n) is 8.63. The van der Waals surface area contributed by atoms with Gasteiger partial charge in [-0.15, -0.1) is 0 Å². The maximum atomic E-state index is 13.8. The predicted octanol–water partition coefficient (Wildman–Crippen LogP) is 4.97. The van der Waals surface area contributed by atoms with Crippen molar-refractivity contribution < 1.29 is 4.42 Å². The van der Waals surface area contributed by atoms with Gasteiger partial charge in [-0.2, -0.15) is 9.78 Å². The van der Waals surface area contributed by atoms with E-state index in [1.807, 2.05) is 37.3 Å². The lowest BCUT2D eigenvalue weighted by atomic mass is 9.97. The molecule has 0 saturated heterocycles. The van der Waals surface area contributed by atoms with Crippen molar-refractivity contribution in [2.75, 3.05) is 0 Å². The van der Waals surface area contributed by atoms with E-state index in [-0.39, 0.29) is 5.56 Å². The van der Waals surface area contributed by atoms with Crippen molar-refractivity contribution in [1.82, 2.24) is 24.2 Å². The third kappa shape index (κ3) is 3.51. The first-order chi connectivity index (χ1) is 16.7. The van der Waals surface area contributed by atoms with Crippen molar-refractivity contribution in [3.8, 4) is 0 Å². The highest BCUT2D eigenvalue weighted by atomic mass is 16.3. The zero-order valence-electron chi connectivity index (χ0n) is 18.9. The van der Waals surface area contributed by atoms with Gasteiger partial charge >= 0.3 is 0 Å². The molecule has 0 unspecified atom stereocenters. The Hall–Kier alpha value is -4.07. The summed E-state index contributed by atoms with van der Waals surface area (Å²) in [6.07, 6.45) is 11.1. The number of nitrogens with zero attached hydrogens (tertiary/aromatic N) is 6. The summed E-state index contributed by atoms with van der Waals surface area (Å²) in [7, 11) is 0. The molecule has 0 spiro atoms. The van der Waals surface area contributed by atoms with Crippen molar-refractivity contribution in [1.29, 1.82) is 0 Å². The highest BCUT2D eigenvalue weighted by Crippen LogP contribution is 2.26. The maximum Gasteiger partial charge on any atom is 0.265 e. The van der Waals surface area contributed by atoms with Gasteiger partial charge in [-0.05, 0) is 63.3 Å². The molecule has 0 aliphatic heterocycles. The maximum absolute atomic E-state index is 13.8. The van der Waals surface area contributed by atoms with Gasteiger partial charge in [-0.1, -0.05) is 23.8 Å². The van der Waals surface area contributed by atoms with Crippen LogP contribution in [0.1, 0.15) is 43.7 Å². The van der Waals surface area contributed by atoms with Crippen LogP contribution in [-0.2, 0) is 6.54 Å². The average molecular weight is 453 g/mol. The van der Waals surface area contributed by atoms with E-state index in [1.54, 1.807) is 27.8 Å². The van der Waals surface area contributed by atoms with Crippen LogP contribution < -0.4 is 5.56 Å². The van der Waals surface area contributed by atoms with Crippen molar-refractivity contribution >= 4 is 39.4 Å². The van der Waals surface area contributed by atoms with E-state index in [1.165, 1.54) is 18.4 Å². The van der Waals surface area contributed by atoms with Gasteiger partial charge in [0.1, 0.15) is 22.5 Å². The number of furan rings is 1. The smallest absolute Gasteiger partial charge is 0.265 e. The Morgan fingerprint density at radius 2 is 1.91 bits per heavy atom. The molecule has 6 rings (SSSR count). The van der Waals surface area contributed by atoms with Gasteiger partial charge in [-0.25, -0.2) is 15.0 Å². The van der Waals surface area contributed by atoms with Crippen molar-refractivity contribution in [2.24, 2.45) is 5.10 Å². The number of benzene rings is 1. The quantitative estimate of drug-likeness (QED) is 0.277. The van der Waals surface area contributed by atoms with E-state index in [0.29, 0.717) is 40.3 Å². The number of hydrogen-bond donors (Lipinski definition) is 0. The Labute approximate surface area is 195 Å². The number of para-hydroxylation sites is 2. The van der Waals surface area contributed by atoms with Crippen LogP contribution in [0, 0.1) is 6.92 Å².